The van der Waals surface area contributed by atoms with Crippen molar-refractivity contribution in [1.29, 1.82) is 0 Å². The van der Waals surface area contributed by atoms with Crippen molar-refractivity contribution in [1.82, 2.24) is 9.71 Å². The van der Waals surface area contributed by atoms with Crippen molar-refractivity contribution < 1.29 is 13.2 Å². The predicted molar refractivity (Wildman–Crippen MR) is 101 cm³/mol. The van der Waals surface area contributed by atoms with Crippen molar-refractivity contribution >= 4 is 20.9 Å². The molecule has 2 aromatic carbocycles. The number of benzene rings is 2. The molecule has 7 heteroatoms. The summed E-state index contributed by atoms with van der Waals surface area (Å²) in [5.41, 5.74) is 1.83. The largest absolute Gasteiger partial charge is 0.494 e. The number of hydrogen-bond acceptors (Lipinski definition) is 4. The monoisotopic (exact) mass is 372 g/mol. The summed E-state index contributed by atoms with van der Waals surface area (Å²) in [4.78, 5) is 15.1. The van der Waals surface area contributed by atoms with Gasteiger partial charge in [-0.1, -0.05) is 11.6 Å². The smallest absolute Gasteiger partial charge is 0.252 e. The third-order valence-corrected chi connectivity index (χ3v) is 5.39. The molecule has 3 aromatic rings. The number of rotatable bonds is 6. The first-order chi connectivity index (χ1) is 12.4. The number of aryl methyl sites for hydroxylation is 1. The second kappa shape index (κ2) is 7.31. The van der Waals surface area contributed by atoms with Crippen LogP contribution in [0.2, 0.25) is 0 Å². The Morgan fingerprint density at radius 1 is 1.08 bits per heavy atom. The molecule has 136 valence electrons. The summed E-state index contributed by atoms with van der Waals surface area (Å²) in [6.07, 6.45) is 0. The SMILES string of the molecule is CCOc1ccc(S(=O)(=O)NCc2cc3cc(C)ccc3[nH]c2=O)cc1. The number of H-pyrrole nitrogens is 1. The van der Waals surface area contributed by atoms with E-state index in [1.165, 1.54) is 12.1 Å². The zero-order valence-electron chi connectivity index (χ0n) is 14.6. The van der Waals surface area contributed by atoms with Gasteiger partial charge in [-0.05, 0) is 61.7 Å². The fourth-order valence-electron chi connectivity index (χ4n) is 2.64. The predicted octanol–water partition coefficient (Wildman–Crippen LogP) is 2.71. The molecule has 0 amide bonds. The molecule has 1 aromatic heterocycles. The third-order valence-electron chi connectivity index (χ3n) is 3.97. The third kappa shape index (κ3) is 3.95. The fourth-order valence-corrected chi connectivity index (χ4v) is 3.65. The van der Waals surface area contributed by atoms with Gasteiger partial charge >= 0.3 is 0 Å². The van der Waals surface area contributed by atoms with Gasteiger partial charge in [0.2, 0.25) is 10.0 Å². The van der Waals surface area contributed by atoms with Crippen LogP contribution in [0.1, 0.15) is 18.1 Å². The van der Waals surface area contributed by atoms with E-state index in [9.17, 15) is 13.2 Å². The van der Waals surface area contributed by atoms with E-state index in [1.54, 1.807) is 18.2 Å². The first-order valence-corrected chi connectivity index (χ1v) is 9.72. The summed E-state index contributed by atoms with van der Waals surface area (Å²) in [5, 5.41) is 0.861. The van der Waals surface area contributed by atoms with Crippen LogP contribution in [-0.4, -0.2) is 20.0 Å². The van der Waals surface area contributed by atoms with Gasteiger partial charge < -0.3 is 9.72 Å². The highest BCUT2D eigenvalue weighted by Crippen LogP contribution is 2.17. The molecule has 0 atom stereocenters. The normalized spacial score (nSPS) is 11.6. The number of fused-ring (bicyclic) bond motifs is 1. The minimum Gasteiger partial charge on any atom is -0.494 e. The molecule has 3 rings (SSSR count). The van der Waals surface area contributed by atoms with Crippen LogP contribution in [0, 0.1) is 6.92 Å². The minimum absolute atomic E-state index is 0.0885. The van der Waals surface area contributed by atoms with Gasteiger partial charge in [0, 0.05) is 17.6 Å². The Kier molecular flexibility index (Phi) is 5.11. The highest BCUT2D eigenvalue weighted by atomic mass is 32.2. The number of hydrogen-bond donors (Lipinski definition) is 2. The molecule has 0 saturated heterocycles. The number of sulfonamides is 1. The van der Waals surface area contributed by atoms with Gasteiger partial charge in [-0.2, -0.15) is 0 Å². The number of aromatic amines is 1. The molecule has 0 radical (unpaired) electrons. The lowest BCUT2D eigenvalue weighted by Gasteiger charge is -2.09. The van der Waals surface area contributed by atoms with Crippen LogP contribution in [0.4, 0.5) is 0 Å². The number of nitrogens with one attached hydrogen (secondary N) is 2. The second-order valence-electron chi connectivity index (χ2n) is 5.94. The summed E-state index contributed by atoms with van der Waals surface area (Å²) in [5.74, 6) is 0.604. The van der Waals surface area contributed by atoms with Crippen LogP contribution in [0.3, 0.4) is 0 Å². The summed E-state index contributed by atoms with van der Waals surface area (Å²) < 4.78 is 32.7. The maximum atomic E-state index is 12.4. The maximum Gasteiger partial charge on any atom is 0.252 e. The summed E-state index contributed by atoms with van der Waals surface area (Å²) in [6, 6.07) is 13.5. The molecule has 0 fully saturated rings. The molecule has 0 aliphatic rings. The lowest BCUT2D eigenvalue weighted by Crippen LogP contribution is -2.27. The van der Waals surface area contributed by atoms with Gasteiger partial charge in [0.05, 0.1) is 11.5 Å². The average Bonchev–Trinajstić information content (AvgIpc) is 2.61. The molecular formula is C19H20N2O4S. The number of pyridine rings is 1. The Balaban J connectivity index is 1.82. The van der Waals surface area contributed by atoms with E-state index in [1.807, 2.05) is 32.0 Å². The quantitative estimate of drug-likeness (QED) is 0.696. The fraction of sp³-hybridized carbons (Fsp3) is 0.211. The van der Waals surface area contributed by atoms with Gasteiger partial charge in [0.15, 0.2) is 0 Å². The highest BCUT2D eigenvalue weighted by Gasteiger charge is 2.15. The van der Waals surface area contributed by atoms with Crippen LogP contribution < -0.4 is 15.0 Å². The number of aromatic nitrogens is 1. The highest BCUT2D eigenvalue weighted by molar-refractivity contribution is 7.89. The van der Waals surface area contributed by atoms with Crippen molar-refractivity contribution in [3.8, 4) is 5.75 Å². The van der Waals surface area contributed by atoms with Gasteiger partial charge in [0.25, 0.3) is 5.56 Å². The Hall–Kier alpha value is -2.64. The summed E-state index contributed by atoms with van der Waals surface area (Å²) in [6.45, 7) is 4.23. The molecular weight excluding hydrogens is 352 g/mol. The van der Waals surface area contributed by atoms with Gasteiger partial charge in [0.1, 0.15) is 5.75 Å². The van der Waals surface area contributed by atoms with Crippen LogP contribution in [0.15, 0.2) is 58.2 Å². The molecule has 0 aliphatic heterocycles. The Labute approximate surface area is 151 Å². The first-order valence-electron chi connectivity index (χ1n) is 8.24. The van der Waals surface area contributed by atoms with Crippen molar-refractivity contribution in [2.45, 2.75) is 25.3 Å². The number of ether oxygens (including phenoxy) is 1. The van der Waals surface area contributed by atoms with E-state index in [-0.39, 0.29) is 17.0 Å². The van der Waals surface area contributed by atoms with Crippen molar-refractivity contribution in [2.24, 2.45) is 0 Å². The lowest BCUT2D eigenvalue weighted by atomic mass is 10.1. The molecule has 1 heterocycles. The maximum absolute atomic E-state index is 12.4. The molecule has 0 unspecified atom stereocenters. The Bertz CT molecular complexity index is 1090. The van der Waals surface area contributed by atoms with E-state index in [2.05, 4.69) is 9.71 Å². The second-order valence-corrected chi connectivity index (χ2v) is 7.71. The Morgan fingerprint density at radius 2 is 1.81 bits per heavy atom. The molecule has 26 heavy (non-hydrogen) atoms. The molecule has 0 saturated carbocycles. The van der Waals surface area contributed by atoms with Gasteiger partial charge in [-0.3, -0.25) is 4.79 Å². The van der Waals surface area contributed by atoms with Gasteiger partial charge in [-0.25, -0.2) is 13.1 Å². The zero-order valence-corrected chi connectivity index (χ0v) is 15.4. The average molecular weight is 372 g/mol. The van der Waals surface area contributed by atoms with Crippen molar-refractivity contribution in [3.63, 3.8) is 0 Å². The summed E-state index contributed by atoms with van der Waals surface area (Å²) >= 11 is 0. The van der Waals surface area contributed by atoms with Gasteiger partial charge in [-0.15, -0.1) is 0 Å². The van der Waals surface area contributed by atoms with E-state index in [4.69, 9.17) is 4.74 Å². The molecule has 6 nitrogen and oxygen atoms in total. The topological polar surface area (TPSA) is 88.3 Å². The molecule has 0 spiro atoms. The summed E-state index contributed by atoms with van der Waals surface area (Å²) in [7, 11) is -3.73. The molecule has 2 N–H and O–H groups in total. The minimum atomic E-state index is -3.73. The van der Waals surface area contributed by atoms with E-state index in [0.717, 1.165) is 16.5 Å². The van der Waals surface area contributed by atoms with Crippen LogP contribution in [-0.2, 0) is 16.6 Å². The first kappa shape index (κ1) is 18.2. The van der Waals surface area contributed by atoms with Crippen LogP contribution in [0.5, 0.6) is 5.75 Å². The van der Waals surface area contributed by atoms with Crippen LogP contribution in [0.25, 0.3) is 10.9 Å². The van der Waals surface area contributed by atoms with Crippen LogP contribution >= 0.6 is 0 Å². The zero-order chi connectivity index (χ0) is 18.7. The van der Waals surface area contributed by atoms with E-state index < -0.39 is 10.0 Å². The van der Waals surface area contributed by atoms with E-state index >= 15 is 0 Å². The van der Waals surface area contributed by atoms with Crippen molar-refractivity contribution in [3.05, 3.63) is 70.0 Å². The lowest BCUT2D eigenvalue weighted by molar-refractivity contribution is 0.340. The van der Waals surface area contributed by atoms with Crippen molar-refractivity contribution in [2.75, 3.05) is 6.61 Å². The van der Waals surface area contributed by atoms with E-state index in [0.29, 0.717) is 17.9 Å². The molecule has 0 bridgehead atoms. The molecule has 0 aliphatic carbocycles. The Morgan fingerprint density at radius 3 is 2.50 bits per heavy atom. The standard InChI is InChI=1S/C19H20N2O4S/c1-3-25-16-5-7-17(8-6-16)26(23,24)20-12-15-11-14-10-13(2)4-9-18(14)21-19(15)22/h4-11,20H,3,12H2,1-2H3,(H,21,22).